The van der Waals surface area contributed by atoms with E-state index in [0.29, 0.717) is 19.3 Å². The summed E-state index contributed by atoms with van der Waals surface area (Å²) in [6.45, 7) is 1.51. The molecule has 3 nitrogen and oxygen atoms in total. The lowest BCUT2D eigenvalue weighted by Gasteiger charge is -1.95. The van der Waals surface area contributed by atoms with Gasteiger partial charge in [0.05, 0.1) is 7.11 Å². The van der Waals surface area contributed by atoms with Gasteiger partial charge in [-0.05, 0) is 13.3 Å². The predicted molar refractivity (Wildman–Crippen MR) is 43.8 cm³/mol. The molecule has 0 atom stereocenters. The van der Waals surface area contributed by atoms with E-state index in [0.717, 1.165) is 0 Å². The number of Topliss-reactive ketones (excluding diaryl/α,β-unsaturated/α-hetero) is 1. The van der Waals surface area contributed by atoms with Crippen LogP contribution < -0.4 is 0 Å². The molecular formula is C7H13ClO3. The fraction of sp³-hybridized carbons (Fsp3) is 0.714. The van der Waals surface area contributed by atoms with Gasteiger partial charge in [-0.1, -0.05) is 0 Å². The van der Waals surface area contributed by atoms with Crippen molar-refractivity contribution in [3.05, 3.63) is 0 Å². The molecule has 0 aromatic rings. The minimum Gasteiger partial charge on any atom is -0.469 e. The monoisotopic (exact) mass is 180 g/mol. The third-order valence-electron chi connectivity index (χ3n) is 1.14. The number of methoxy groups -OCH3 is 1. The zero-order valence-electron chi connectivity index (χ0n) is 6.75. The van der Waals surface area contributed by atoms with Gasteiger partial charge in [0.1, 0.15) is 5.78 Å². The predicted octanol–water partition coefficient (Wildman–Crippen LogP) is 1.34. The Bertz CT molecular complexity index is 134. The number of rotatable bonds is 4. The molecule has 0 aliphatic rings. The standard InChI is InChI=1S/C7H12O3.ClH/c1-6(8)4-3-5-7(9)10-2;/h3-5H2,1-2H3;1H. The van der Waals surface area contributed by atoms with Gasteiger partial charge in [-0.15, -0.1) is 12.4 Å². The van der Waals surface area contributed by atoms with Crippen LogP contribution in [0.3, 0.4) is 0 Å². The van der Waals surface area contributed by atoms with Crippen molar-refractivity contribution in [1.29, 1.82) is 0 Å². The number of carbonyl (C=O) groups is 2. The summed E-state index contributed by atoms with van der Waals surface area (Å²) in [6.07, 6.45) is 1.41. The Hall–Kier alpha value is -0.570. The lowest BCUT2D eigenvalue weighted by atomic mass is 10.2. The number of halogens is 1. The maximum Gasteiger partial charge on any atom is 0.305 e. The van der Waals surface area contributed by atoms with Gasteiger partial charge in [-0.25, -0.2) is 0 Å². The molecule has 0 aliphatic heterocycles. The van der Waals surface area contributed by atoms with E-state index in [-0.39, 0.29) is 24.2 Å². The molecule has 0 spiro atoms. The zero-order chi connectivity index (χ0) is 7.98. The smallest absolute Gasteiger partial charge is 0.305 e. The number of hydrogen-bond acceptors (Lipinski definition) is 3. The van der Waals surface area contributed by atoms with Crippen LogP contribution in [0.2, 0.25) is 0 Å². The van der Waals surface area contributed by atoms with Crippen LogP contribution in [0.1, 0.15) is 26.2 Å². The highest BCUT2D eigenvalue weighted by atomic mass is 35.5. The molecule has 0 aromatic carbocycles. The molecule has 0 N–H and O–H groups in total. The van der Waals surface area contributed by atoms with E-state index in [4.69, 9.17) is 0 Å². The van der Waals surface area contributed by atoms with Gasteiger partial charge in [0.2, 0.25) is 0 Å². The SMILES string of the molecule is COC(=O)CCCC(C)=O.Cl. The van der Waals surface area contributed by atoms with Crippen LogP contribution >= 0.6 is 12.4 Å². The van der Waals surface area contributed by atoms with Crippen molar-refractivity contribution in [3.8, 4) is 0 Å². The van der Waals surface area contributed by atoms with Crippen molar-refractivity contribution < 1.29 is 14.3 Å². The number of carbonyl (C=O) groups excluding carboxylic acids is 2. The Morgan fingerprint density at radius 1 is 1.27 bits per heavy atom. The highest BCUT2D eigenvalue weighted by Gasteiger charge is 2.00. The normalized spacial score (nSPS) is 8.18. The summed E-state index contributed by atoms with van der Waals surface area (Å²) in [7, 11) is 1.34. The van der Waals surface area contributed by atoms with Gasteiger partial charge < -0.3 is 9.53 Å². The van der Waals surface area contributed by atoms with E-state index >= 15 is 0 Å². The first-order valence-electron chi connectivity index (χ1n) is 3.23. The summed E-state index contributed by atoms with van der Waals surface area (Å²) in [5.74, 6) is -0.134. The number of hydrogen-bond donors (Lipinski definition) is 0. The summed E-state index contributed by atoms with van der Waals surface area (Å²) < 4.78 is 4.38. The first-order chi connectivity index (χ1) is 4.66. The third-order valence-corrected chi connectivity index (χ3v) is 1.14. The number of esters is 1. The summed E-state index contributed by atoms with van der Waals surface area (Å²) in [6, 6.07) is 0. The Labute approximate surface area is 72.5 Å². The van der Waals surface area contributed by atoms with Crippen LogP contribution in [0.4, 0.5) is 0 Å². The lowest BCUT2D eigenvalue weighted by molar-refractivity contribution is -0.140. The van der Waals surface area contributed by atoms with Crippen LogP contribution in [0.25, 0.3) is 0 Å². The molecule has 0 rings (SSSR count). The largest absolute Gasteiger partial charge is 0.469 e. The maximum atomic E-state index is 10.5. The van der Waals surface area contributed by atoms with Crippen molar-refractivity contribution in [1.82, 2.24) is 0 Å². The quantitative estimate of drug-likeness (QED) is 0.614. The highest BCUT2D eigenvalue weighted by molar-refractivity contribution is 5.85. The Kier molecular flexibility index (Phi) is 8.94. The Morgan fingerprint density at radius 3 is 2.18 bits per heavy atom. The summed E-state index contributed by atoms with van der Waals surface area (Å²) in [5.41, 5.74) is 0. The fourth-order valence-corrected chi connectivity index (χ4v) is 0.584. The fourth-order valence-electron chi connectivity index (χ4n) is 0.584. The van der Waals surface area contributed by atoms with Gasteiger partial charge in [0.25, 0.3) is 0 Å². The average Bonchev–Trinajstić information content (AvgIpc) is 1.87. The second-order valence-electron chi connectivity index (χ2n) is 2.13. The molecule has 0 aliphatic carbocycles. The molecule has 0 amide bonds. The van der Waals surface area contributed by atoms with Crippen LogP contribution in [-0.4, -0.2) is 18.9 Å². The first-order valence-corrected chi connectivity index (χ1v) is 3.23. The average molecular weight is 181 g/mol. The van der Waals surface area contributed by atoms with Crippen LogP contribution in [0.5, 0.6) is 0 Å². The van der Waals surface area contributed by atoms with E-state index < -0.39 is 0 Å². The highest BCUT2D eigenvalue weighted by Crippen LogP contribution is 1.96. The van der Waals surface area contributed by atoms with Crippen molar-refractivity contribution >= 4 is 24.2 Å². The maximum absolute atomic E-state index is 10.5. The Morgan fingerprint density at radius 2 is 1.82 bits per heavy atom. The summed E-state index contributed by atoms with van der Waals surface area (Å²) >= 11 is 0. The van der Waals surface area contributed by atoms with E-state index in [2.05, 4.69) is 4.74 Å². The Balaban J connectivity index is 0. The zero-order valence-corrected chi connectivity index (χ0v) is 7.57. The van der Waals surface area contributed by atoms with Crippen molar-refractivity contribution in [2.75, 3.05) is 7.11 Å². The molecule has 66 valence electrons. The van der Waals surface area contributed by atoms with E-state index in [1.807, 2.05) is 0 Å². The van der Waals surface area contributed by atoms with Gasteiger partial charge in [-0.2, -0.15) is 0 Å². The van der Waals surface area contributed by atoms with E-state index in [1.54, 1.807) is 0 Å². The number of ketones is 1. The second kappa shape index (κ2) is 7.54. The molecule has 0 heterocycles. The molecule has 0 bridgehead atoms. The van der Waals surface area contributed by atoms with Crippen molar-refractivity contribution in [2.24, 2.45) is 0 Å². The summed E-state index contributed by atoms with van der Waals surface area (Å²) in [5, 5.41) is 0. The molecule has 0 unspecified atom stereocenters. The first kappa shape index (κ1) is 13.1. The molecule has 0 aromatic heterocycles. The molecule has 0 saturated heterocycles. The third kappa shape index (κ3) is 9.43. The van der Waals surface area contributed by atoms with Gasteiger partial charge >= 0.3 is 5.97 Å². The molecule has 4 heteroatoms. The minimum atomic E-state index is -0.249. The van der Waals surface area contributed by atoms with Crippen molar-refractivity contribution in [2.45, 2.75) is 26.2 Å². The summed E-state index contributed by atoms with van der Waals surface area (Å²) in [4.78, 5) is 20.8. The van der Waals surface area contributed by atoms with Gasteiger partial charge in [-0.3, -0.25) is 4.79 Å². The minimum absolute atomic E-state index is 0. The van der Waals surface area contributed by atoms with Crippen LogP contribution in [0, 0.1) is 0 Å². The van der Waals surface area contributed by atoms with Crippen molar-refractivity contribution in [3.63, 3.8) is 0 Å². The molecule has 0 radical (unpaired) electrons. The second-order valence-corrected chi connectivity index (χ2v) is 2.13. The van der Waals surface area contributed by atoms with E-state index in [1.165, 1.54) is 14.0 Å². The molecular weight excluding hydrogens is 168 g/mol. The number of ether oxygens (including phenoxy) is 1. The van der Waals surface area contributed by atoms with Gasteiger partial charge in [0.15, 0.2) is 0 Å². The van der Waals surface area contributed by atoms with E-state index in [9.17, 15) is 9.59 Å². The van der Waals surface area contributed by atoms with Gasteiger partial charge in [0, 0.05) is 12.8 Å². The van der Waals surface area contributed by atoms with Crippen LogP contribution in [-0.2, 0) is 14.3 Å². The lowest BCUT2D eigenvalue weighted by Crippen LogP contribution is -2.00. The molecule has 11 heavy (non-hydrogen) atoms. The molecule has 0 saturated carbocycles. The molecule has 0 fully saturated rings. The van der Waals surface area contributed by atoms with Crippen LogP contribution in [0.15, 0.2) is 0 Å². The topological polar surface area (TPSA) is 43.4 Å².